The fourth-order valence-corrected chi connectivity index (χ4v) is 3.03. The van der Waals surface area contributed by atoms with Crippen LogP contribution in [0.1, 0.15) is 36.8 Å². The van der Waals surface area contributed by atoms with Crippen LogP contribution in [0.3, 0.4) is 0 Å². The second-order valence-electron chi connectivity index (χ2n) is 5.65. The van der Waals surface area contributed by atoms with Crippen LogP contribution in [-0.4, -0.2) is 20.6 Å². The Balaban J connectivity index is 1.85. The minimum atomic E-state index is 0.150. The number of hydrogen-bond acceptors (Lipinski definition) is 4. The molecular formula is C13H16ClN5. The van der Waals surface area contributed by atoms with Gasteiger partial charge in [0.15, 0.2) is 5.82 Å². The summed E-state index contributed by atoms with van der Waals surface area (Å²) in [4.78, 5) is 0. The SMILES string of the molecule is CC1(C)Cc2ccc(Cl)cc2C1NCc1nn[nH]n1. The highest BCUT2D eigenvalue weighted by Gasteiger charge is 2.38. The number of aromatic amines is 1. The Labute approximate surface area is 116 Å². The zero-order valence-corrected chi connectivity index (χ0v) is 11.7. The quantitative estimate of drug-likeness (QED) is 0.903. The molecule has 1 aromatic carbocycles. The number of nitrogens with zero attached hydrogens (tertiary/aromatic N) is 3. The number of fused-ring (bicyclic) bond motifs is 1. The Bertz CT molecular complexity index is 579. The molecule has 3 rings (SSSR count). The number of H-pyrrole nitrogens is 1. The predicted octanol–water partition coefficient (Wildman–Crippen LogP) is 2.27. The Kier molecular flexibility index (Phi) is 3.03. The van der Waals surface area contributed by atoms with E-state index in [-0.39, 0.29) is 11.5 Å². The van der Waals surface area contributed by atoms with Gasteiger partial charge in [0.05, 0.1) is 6.54 Å². The first kappa shape index (κ1) is 12.6. The third-order valence-electron chi connectivity index (χ3n) is 3.70. The second kappa shape index (κ2) is 4.58. The van der Waals surface area contributed by atoms with Gasteiger partial charge in [0, 0.05) is 11.1 Å². The van der Waals surface area contributed by atoms with E-state index in [4.69, 9.17) is 11.6 Å². The molecule has 1 atom stereocenters. The van der Waals surface area contributed by atoms with Crippen molar-refractivity contribution in [3.05, 3.63) is 40.2 Å². The van der Waals surface area contributed by atoms with Gasteiger partial charge in [-0.25, -0.2) is 0 Å². The third kappa shape index (κ3) is 2.35. The molecule has 5 nitrogen and oxygen atoms in total. The Morgan fingerprint density at radius 2 is 2.32 bits per heavy atom. The zero-order chi connectivity index (χ0) is 13.5. The molecule has 0 amide bonds. The Morgan fingerprint density at radius 1 is 1.47 bits per heavy atom. The van der Waals surface area contributed by atoms with Crippen molar-refractivity contribution in [3.63, 3.8) is 0 Å². The molecule has 19 heavy (non-hydrogen) atoms. The van der Waals surface area contributed by atoms with Gasteiger partial charge in [0.25, 0.3) is 0 Å². The van der Waals surface area contributed by atoms with Gasteiger partial charge in [-0.15, -0.1) is 10.2 Å². The smallest absolute Gasteiger partial charge is 0.188 e. The van der Waals surface area contributed by atoms with E-state index < -0.39 is 0 Å². The summed E-state index contributed by atoms with van der Waals surface area (Å²) in [5, 5.41) is 18.2. The summed E-state index contributed by atoms with van der Waals surface area (Å²) < 4.78 is 0. The molecule has 1 aliphatic carbocycles. The molecule has 1 aromatic heterocycles. The van der Waals surface area contributed by atoms with Crippen LogP contribution in [0.15, 0.2) is 18.2 Å². The van der Waals surface area contributed by atoms with Gasteiger partial charge >= 0.3 is 0 Å². The Hall–Kier alpha value is -1.46. The summed E-state index contributed by atoms with van der Waals surface area (Å²) >= 11 is 6.11. The van der Waals surface area contributed by atoms with Crippen molar-refractivity contribution in [1.82, 2.24) is 25.9 Å². The number of hydrogen-bond donors (Lipinski definition) is 2. The van der Waals surface area contributed by atoms with Crippen LogP contribution in [-0.2, 0) is 13.0 Å². The highest BCUT2D eigenvalue weighted by Crippen LogP contribution is 2.45. The lowest BCUT2D eigenvalue weighted by atomic mass is 9.85. The first-order valence-electron chi connectivity index (χ1n) is 6.30. The molecule has 0 fully saturated rings. The highest BCUT2D eigenvalue weighted by molar-refractivity contribution is 6.30. The van der Waals surface area contributed by atoms with E-state index in [1.807, 2.05) is 6.07 Å². The molecule has 1 unspecified atom stereocenters. The van der Waals surface area contributed by atoms with Crippen LogP contribution in [0, 0.1) is 5.41 Å². The van der Waals surface area contributed by atoms with Gasteiger partial charge in [-0.05, 0) is 35.1 Å². The molecule has 0 bridgehead atoms. The lowest BCUT2D eigenvalue weighted by Crippen LogP contribution is -2.31. The van der Waals surface area contributed by atoms with Crippen molar-refractivity contribution in [2.45, 2.75) is 32.9 Å². The van der Waals surface area contributed by atoms with Crippen LogP contribution in [0.4, 0.5) is 0 Å². The topological polar surface area (TPSA) is 66.5 Å². The fourth-order valence-electron chi connectivity index (χ4n) is 2.85. The van der Waals surface area contributed by atoms with Gasteiger partial charge in [-0.2, -0.15) is 5.21 Å². The van der Waals surface area contributed by atoms with Crippen LogP contribution in [0.5, 0.6) is 0 Å². The monoisotopic (exact) mass is 277 g/mol. The number of rotatable bonds is 3. The number of tetrazole rings is 1. The first-order chi connectivity index (χ1) is 9.06. The molecular weight excluding hydrogens is 262 g/mol. The Morgan fingerprint density at radius 3 is 3.05 bits per heavy atom. The molecule has 1 aliphatic rings. The van der Waals surface area contributed by atoms with Crippen LogP contribution in [0.25, 0.3) is 0 Å². The van der Waals surface area contributed by atoms with Gasteiger partial charge < -0.3 is 5.32 Å². The van der Waals surface area contributed by atoms with Crippen molar-refractivity contribution in [2.24, 2.45) is 5.41 Å². The maximum absolute atomic E-state index is 6.11. The molecule has 0 aliphatic heterocycles. The maximum atomic E-state index is 6.11. The van der Waals surface area contributed by atoms with Crippen LogP contribution >= 0.6 is 11.6 Å². The van der Waals surface area contributed by atoms with Crippen molar-refractivity contribution >= 4 is 11.6 Å². The molecule has 2 aromatic rings. The summed E-state index contributed by atoms with van der Waals surface area (Å²) in [5.74, 6) is 0.672. The van der Waals surface area contributed by atoms with E-state index in [0.717, 1.165) is 11.4 Å². The van der Waals surface area contributed by atoms with E-state index in [2.05, 4.69) is 51.9 Å². The average molecular weight is 278 g/mol. The first-order valence-corrected chi connectivity index (χ1v) is 6.68. The van der Waals surface area contributed by atoms with Crippen molar-refractivity contribution in [3.8, 4) is 0 Å². The van der Waals surface area contributed by atoms with Gasteiger partial charge in [0.2, 0.25) is 0 Å². The molecule has 0 saturated heterocycles. The normalized spacial score (nSPS) is 20.5. The predicted molar refractivity (Wildman–Crippen MR) is 72.7 cm³/mol. The molecule has 100 valence electrons. The van der Waals surface area contributed by atoms with Crippen molar-refractivity contribution < 1.29 is 0 Å². The van der Waals surface area contributed by atoms with Gasteiger partial charge in [0.1, 0.15) is 0 Å². The number of nitrogens with one attached hydrogen (secondary N) is 2. The van der Waals surface area contributed by atoms with E-state index in [1.54, 1.807) is 0 Å². The van der Waals surface area contributed by atoms with Gasteiger partial charge in [-0.3, -0.25) is 0 Å². The zero-order valence-electron chi connectivity index (χ0n) is 10.9. The van der Waals surface area contributed by atoms with E-state index in [9.17, 15) is 0 Å². The van der Waals surface area contributed by atoms with Crippen LogP contribution in [0.2, 0.25) is 5.02 Å². The largest absolute Gasteiger partial charge is 0.302 e. The van der Waals surface area contributed by atoms with E-state index >= 15 is 0 Å². The van der Waals surface area contributed by atoms with E-state index in [1.165, 1.54) is 11.1 Å². The van der Waals surface area contributed by atoms with E-state index in [0.29, 0.717) is 12.4 Å². The molecule has 2 N–H and O–H groups in total. The molecule has 6 heteroatoms. The summed E-state index contributed by atoms with van der Waals surface area (Å²) in [5.41, 5.74) is 2.79. The summed E-state index contributed by atoms with van der Waals surface area (Å²) in [6, 6.07) is 6.38. The third-order valence-corrected chi connectivity index (χ3v) is 3.94. The minimum absolute atomic E-state index is 0.150. The number of benzene rings is 1. The lowest BCUT2D eigenvalue weighted by Gasteiger charge is -2.28. The second-order valence-corrected chi connectivity index (χ2v) is 6.09. The summed E-state index contributed by atoms with van der Waals surface area (Å²) in [6.07, 6.45) is 1.05. The van der Waals surface area contributed by atoms with Gasteiger partial charge in [-0.1, -0.05) is 36.7 Å². The molecule has 0 spiro atoms. The lowest BCUT2D eigenvalue weighted by molar-refractivity contribution is 0.266. The van der Waals surface area contributed by atoms with Crippen LogP contribution < -0.4 is 5.32 Å². The maximum Gasteiger partial charge on any atom is 0.188 e. The van der Waals surface area contributed by atoms with Crippen molar-refractivity contribution in [1.29, 1.82) is 0 Å². The standard InChI is InChI=1S/C13H16ClN5/c1-13(2)6-8-3-4-9(14)5-10(8)12(13)15-7-11-16-18-19-17-11/h3-5,12,15H,6-7H2,1-2H3,(H,16,17,18,19). The molecule has 0 radical (unpaired) electrons. The fraction of sp³-hybridized carbons (Fsp3) is 0.462. The minimum Gasteiger partial charge on any atom is -0.302 e. The molecule has 1 heterocycles. The number of halogens is 1. The summed E-state index contributed by atoms with van der Waals surface area (Å²) in [6.45, 7) is 5.11. The summed E-state index contributed by atoms with van der Waals surface area (Å²) in [7, 11) is 0. The average Bonchev–Trinajstić information content (AvgIpc) is 2.92. The molecule has 0 saturated carbocycles. The number of aromatic nitrogens is 4. The highest BCUT2D eigenvalue weighted by atomic mass is 35.5. The van der Waals surface area contributed by atoms with Crippen molar-refractivity contribution in [2.75, 3.05) is 0 Å².